The Labute approximate surface area is 111 Å². The molecule has 0 aromatic carbocycles. The van der Waals surface area contributed by atoms with E-state index in [9.17, 15) is 4.79 Å². The third-order valence-corrected chi connectivity index (χ3v) is 2.89. The Balaban J connectivity index is 2.32. The minimum atomic E-state index is -0.498. The summed E-state index contributed by atoms with van der Waals surface area (Å²) in [6, 6.07) is 0. The van der Waals surface area contributed by atoms with Crippen LogP contribution in [0.5, 0.6) is 0 Å². The Hall–Kier alpha value is -2.31. The molecule has 0 unspecified atom stereocenters. The second kappa shape index (κ2) is 5.13. The van der Waals surface area contributed by atoms with Gasteiger partial charge in [0.1, 0.15) is 17.5 Å². The van der Waals surface area contributed by atoms with Crippen molar-refractivity contribution in [2.24, 2.45) is 7.05 Å². The lowest BCUT2D eigenvalue weighted by molar-refractivity contribution is 0.0521. The molecular formula is C12H17N5O2. The van der Waals surface area contributed by atoms with E-state index < -0.39 is 5.97 Å². The number of nitrogens with two attached hydrogens (primary N) is 1. The number of hydrogen-bond donors (Lipinski definition) is 1. The van der Waals surface area contributed by atoms with Gasteiger partial charge in [0.2, 0.25) is 0 Å². The molecule has 2 aromatic rings. The van der Waals surface area contributed by atoms with Gasteiger partial charge in [-0.15, -0.1) is 0 Å². The van der Waals surface area contributed by atoms with Crippen LogP contribution in [-0.4, -0.2) is 31.7 Å². The molecule has 0 aliphatic rings. The maximum absolute atomic E-state index is 11.7. The van der Waals surface area contributed by atoms with E-state index in [0.717, 1.165) is 5.82 Å². The van der Waals surface area contributed by atoms with Gasteiger partial charge < -0.3 is 19.6 Å². The van der Waals surface area contributed by atoms with E-state index in [4.69, 9.17) is 10.5 Å². The van der Waals surface area contributed by atoms with Crippen LogP contribution in [0.1, 0.15) is 29.1 Å². The minimum absolute atomic E-state index is 0.161. The molecule has 0 fully saturated rings. The molecule has 102 valence electrons. The minimum Gasteiger partial charge on any atom is -0.461 e. The van der Waals surface area contributed by atoms with Crippen LogP contribution in [0, 0.1) is 6.92 Å². The number of nitrogens with zero attached hydrogens (tertiary/aromatic N) is 4. The SMILES string of the molecule is CCOC(=O)c1nc(C)n(Cc2nccn2C)c1N. The number of anilines is 1. The van der Waals surface area contributed by atoms with Crippen LogP contribution in [-0.2, 0) is 18.3 Å². The predicted molar refractivity (Wildman–Crippen MR) is 69.6 cm³/mol. The van der Waals surface area contributed by atoms with Crippen molar-refractivity contribution in [3.8, 4) is 0 Å². The Bertz CT molecular complexity index is 599. The van der Waals surface area contributed by atoms with E-state index in [1.807, 2.05) is 17.8 Å². The molecule has 2 aromatic heterocycles. The first-order valence-electron chi connectivity index (χ1n) is 6.00. The third-order valence-electron chi connectivity index (χ3n) is 2.89. The highest BCUT2D eigenvalue weighted by Crippen LogP contribution is 2.16. The van der Waals surface area contributed by atoms with E-state index in [-0.39, 0.29) is 5.69 Å². The molecule has 0 radical (unpaired) electrons. The summed E-state index contributed by atoms with van der Waals surface area (Å²) in [6.07, 6.45) is 3.56. The monoisotopic (exact) mass is 263 g/mol. The summed E-state index contributed by atoms with van der Waals surface area (Å²) in [6.45, 7) is 4.30. The Morgan fingerprint density at radius 2 is 2.26 bits per heavy atom. The number of hydrogen-bond acceptors (Lipinski definition) is 5. The van der Waals surface area contributed by atoms with Crippen molar-refractivity contribution in [2.75, 3.05) is 12.3 Å². The van der Waals surface area contributed by atoms with E-state index in [1.54, 1.807) is 24.6 Å². The van der Waals surface area contributed by atoms with Crippen LogP contribution in [0.25, 0.3) is 0 Å². The van der Waals surface area contributed by atoms with Gasteiger partial charge in [0.05, 0.1) is 13.2 Å². The molecule has 0 saturated carbocycles. The fourth-order valence-electron chi connectivity index (χ4n) is 1.82. The van der Waals surface area contributed by atoms with Gasteiger partial charge in [-0.25, -0.2) is 14.8 Å². The van der Waals surface area contributed by atoms with E-state index >= 15 is 0 Å². The van der Waals surface area contributed by atoms with Crippen molar-refractivity contribution in [3.63, 3.8) is 0 Å². The molecule has 7 nitrogen and oxygen atoms in total. The molecule has 0 spiro atoms. The second-order valence-corrected chi connectivity index (χ2v) is 4.15. The molecule has 0 aliphatic carbocycles. The van der Waals surface area contributed by atoms with Crippen molar-refractivity contribution in [1.29, 1.82) is 0 Å². The third kappa shape index (κ3) is 2.44. The molecule has 0 atom stereocenters. The Morgan fingerprint density at radius 3 is 2.84 bits per heavy atom. The van der Waals surface area contributed by atoms with Crippen LogP contribution >= 0.6 is 0 Å². The highest BCUT2D eigenvalue weighted by Gasteiger charge is 2.20. The molecule has 0 bridgehead atoms. The van der Waals surface area contributed by atoms with Crippen molar-refractivity contribution in [2.45, 2.75) is 20.4 Å². The van der Waals surface area contributed by atoms with Gasteiger partial charge >= 0.3 is 5.97 Å². The predicted octanol–water partition coefficient (Wildman–Crippen LogP) is 0.732. The molecule has 2 N–H and O–H groups in total. The lowest BCUT2D eigenvalue weighted by Crippen LogP contribution is -2.12. The highest BCUT2D eigenvalue weighted by atomic mass is 16.5. The summed E-state index contributed by atoms with van der Waals surface area (Å²) < 4.78 is 8.56. The average molecular weight is 263 g/mol. The Kier molecular flexibility index (Phi) is 3.55. The van der Waals surface area contributed by atoms with Gasteiger partial charge in [0.15, 0.2) is 5.69 Å². The van der Waals surface area contributed by atoms with Crippen molar-refractivity contribution in [1.82, 2.24) is 19.1 Å². The van der Waals surface area contributed by atoms with Crippen molar-refractivity contribution >= 4 is 11.8 Å². The lowest BCUT2D eigenvalue weighted by Gasteiger charge is -2.07. The normalized spacial score (nSPS) is 10.7. The summed E-state index contributed by atoms with van der Waals surface area (Å²) >= 11 is 0. The van der Waals surface area contributed by atoms with Gasteiger partial charge in [-0.2, -0.15) is 0 Å². The van der Waals surface area contributed by atoms with Crippen LogP contribution in [0.2, 0.25) is 0 Å². The highest BCUT2D eigenvalue weighted by molar-refractivity contribution is 5.92. The maximum atomic E-state index is 11.7. The second-order valence-electron chi connectivity index (χ2n) is 4.15. The quantitative estimate of drug-likeness (QED) is 0.822. The number of aromatic nitrogens is 4. The number of aryl methyl sites for hydroxylation is 2. The largest absolute Gasteiger partial charge is 0.461 e. The summed E-state index contributed by atoms with van der Waals surface area (Å²) in [5.74, 6) is 1.30. The van der Waals surface area contributed by atoms with Gasteiger partial charge in [0, 0.05) is 19.4 Å². The molecule has 7 heteroatoms. The summed E-state index contributed by atoms with van der Waals surface area (Å²) in [5.41, 5.74) is 6.13. The summed E-state index contributed by atoms with van der Waals surface area (Å²) in [7, 11) is 1.90. The van der Waals surface area contributed by atoms with E-state index in [0.29, 0.717) is 24.8 Å². The van der Waals surface area contributed by atoms with Gasteiger partial charge in [-0.05, 0) is 13.8 Å². The first kappa shape index (κ1) is 13.1. The number of carbonyl (C=O) groups is 1. The zero-order valence-electron chi connectivity index (χ0n) is 11.3. The molecule has 2 heterocycles. The Morgan fingerprint density at radius 1 is 1.53 bits per heavy atom. The summed E-state index contributed by atoms with van der Waals surface area (Å²) in [5, 5.41) is 0. The van der Waals surface area contributed by atoms with Gasteiger partial charge in [0.25, 0.3) is 0 Å². The molecule has 2 rings (SSSR count). The average Bonchev–Trinajstić information content (AvgIpc) is 2.88. The lowest BCUT2D eigenvalue weighted by atomic mass is 10.4. The number of imidazole rings is 2. The van der Waals surface area contributed by atoms with Crippen LogP contribution in [0.3, 0.4) is 0 Å². The number of nitrogen functional groups attached to an aromatic ring is 1. The van der Waals surface area contributed by atoms with Crippen LogP contribution in [0.4, 0.5) is 5.82 Å². The summed E-state index contributed by atoms with van der Waals surface area (Å²) in [4.78, 5) is 20.1. The number of carbonyl (C=O) groups excluding carboxylic acids is 1. The molecule has 0 saturated heterocycles. The van der Waals surface area contributed by atoms with Gasteiger partial charge in [-0.1, -0.05) is 0 Å². The number of rotatable bonds is 4. The van der Waals surface area contributed by atoms with Crippen LogP contribution < -0.4 is 5.73 Å². The van der Waals surface area contributed by atoms with Crippen LogP contribution in [0.15, 0.2) is 12.4 Å². The maximum Gasteiger partial charge on any atom is 0.360 e. The molecular weight excluding hydrogens is 246 g/mol. The zero-order chi connectivity index (χ0) is 14.0. The fraction of sp³-hybridized carbons (Fsp3) is 0.417. The fourth-order valence-corrected chi connectivity index (χ4v) is 1.82. The smallest absolute Gasteiger partial charge is 0.360 e. The van der Waals surface area contributed by atoms with E-state index in [2.05, 4.69) is 9.97 Å². The number of ether oxygens (including phenoxy) is 1. The van der Waals surface area contributed by atoms with Gasteiger partial charge in [-0.3, -0.25) is 0 Å². The van der Waals surface area contributed by atoms with Crippen molar-refractivity contribution in [3.05, 3.63) is 29.7 Å². The standard InChI is InChI=1S/C12H17N5O2/c1-4-19-12(18)10-11(13)17(8(2)15-10)7-9-14-5-6-16(9)3/h5-6H,4,7,13H2,1-3H3. The zero-order valence-corrected chi connectivity index (χ0v) is 11.3. The number of esters is 1. The first-order chi connectivity index (χ1) is 9.04. The first-order valence-corrected chi connectivity index (χ1v) is 6.00. The molecule has 19 heavy (non-hydrogen) atoms. The topological polar surface area (TPSA) is 88.0 Å². The van der Waals surface area contributed by atoms with Crippen molar-refractivity contribution < 1.29 is 9.53 Å². The molecule has 0 amide bonds. The molecule has 0 aliphatic heterocycles. The van der Waals surface area contributed by atoms with E-state index in [1.165, 1.54) is 0 Å².